The first-order valence-electron chi connectivity index (χ1n) is 7.28. The minimum Gasteiger partial charge on any atom is -0.317 e. The Kier molecular flexibility index (Phi) is 8.08. The average Bonchev–Trinajstić information content (AvgIpc) is 2.39. The van der Waals surface area contributed by atoms with Crippen molar-refractivity contribution in [1.29, 1.82) is 0 Å². The summed E-state index contributed by atoms with van der Waals surface area (Å²) in [4.78, 5) is 0. The molecule has 0 bridgehead atoms. The Morgan fingerprint density at radius 1 is 1.21 bits per heavy atom. The van der Waals surface area contributed by atoms with Gasteiger partial charge in [0.25, 0.3) is 0 Å². The smallest absolute Gasteiger partial charge is 0.127 e. The van der Waals surface area contributed by atoms with Crippen LogP contribution in [0.2, 0.25) is 5.02 Å². The van der Waals surface area contributed by atoms with E-state index in [0.29, 0.717) is 11.1 Å². The van der Waals surface area contributed by atoms with Gasteiger partial charge in [-0.25, -0.2) is 4.39 Å². The zero-order chi connectivity index (χ0) is 14.1. The van der Waals surface area contributed by atoms with Gasteiger partial charge in [0.15, 0.2) is 0 Å². The van der Waals surface area contributed by atoms with Gasteiger partial charge in [-0.2, -0.15) is 0 Å². The van der Waals surface area contributed by atoms with Gasteiger partial charge in [0, 0.05) is 11.1 Å². The highest BCUT2D eigenvalue weighted by molar-refractivity contribution is 6.30. The van der Waals surface area contributed by atoms with Crippen LogP contribution in [0.15, 0.2) is 18.2 Å². The maximum atomic E-state index is 13.7. The molecule has 1 aromatic carbocycles. The number of hydrogen-bond acceptors (Lipinski definition) is 1. The second-order valence-electron chi connectivity index (χ2n) is 5.13. The third-order valence-corrected chi connectivity index (χ3v) is 3.78. The topological polar surface area (TPSA) is 12.0 Å². The number of halogens is 2. The van der Waals surface area contributed by atoms with Crippen molar-refractivity contribution in [3.8, 4) is 0 Å². The minimum atomic E-state index is -0.196. The second kappa shape index (κ2) is 9.33. The SMILES string of the molecule is CCCCCCCC(Cc1ccc(Cl)cc1F)NC. The van der Waals surface area contributed by atoms with E-state index in [0.717, 1.165) is 18.4 Å². The van der Waals surface area contributed by atoms with E-state index in [1.54, 1.807) is 12.1 Å². The third kappa shape index (κ3) is 6.40. The van der Waals surface area contributed by atoms with Gasteiger partial charge in [-0.3, -0.25) is 0 Å². The molecule has 1 nitrogen and oxygen atoms in total. The molecule has 0 radical (unpaired) electrons. The van der Waals surface area contributed by atoms with Gasteiger partial charge in [0.05, 0.1) is 0 Å². The second-order valence-corrected chi connectivity index (χ2v) is 5.56. The third-order valence-electron chi connectivity index (χ3n) is 3.55. The van der Waals surface area contributed by atoms with Gasteiger partial charge in [-0.05, 0) is 37.6 Å². The van der Waals surface area contributed by atoms with Crippen LogP contribution in [0.3, 0.4) is 0 Å². The Morgan fingerprint density at radius 3 is 2.58 bits per heavy atom. The molecule has 0 amide bonds. The Hall–Kier alpha value is -0.600. The van der Waals surface area contributed by atoms with E-state index in [4.69, 9.17) is 11.6 Å². The van der Waals surface area contributed by atoms with Gasteiger partial charge >= 0.3 is 0 Å². The zero-order valence-corrected chi connectivity index (χ0v) is 12.8. The molecule has 0 saturated carbocycles. The predicted molar refractivity (Wildman–Crippen MR) is 81.3 cm³/mol. The van der Waals surface area contributed by atoms with Crippen LogP contribution in [-0.4, -0.2) is 13.1 Å². The lowest BCUT2D eigenvalue weighted by Crippen LogP contribution is -2.27. The molecule has 1 rings (SSSR count). The van der Waals surface area contributed by atoms with Crippen molar-refractivity contribution in [1.82, 2.24) is 5.32 Å². The van der Waals surface area contributed by atoms with E-state index in [2.05, 4.69) is 12.2 Å². The Bertz CT molecular complexity index is 368. The number of likely N-dealkylation sites (N-methyl/N-ethyl adjacent to an activating group) is 1. The summed E-state index contributed by atoms with van der Waals surface area (Å²) in [6.07, 6.45) is 8.20. The summed E-state index contributed by atoms with van der Waals surface area (Å²) >= 11 is 5.76. The monoisotopic (exact) mass is 285 g/mol. The molecule has 0 aliphatic rings. The van der Waals surface area contributed by atoms with Crippen LogP contribution in [0.1, 0.15) is 51.0 Å². The van der Waals surface area contributed by atoms with Crippen molar-refractivity contribution in [2.75, 3.05) is 7.05 Å². The first-order valence-corrected chi connectivity index (χ1v) is 7.66. The van der Waals surface area contributed by atoms with Crippen LogP contribution in [0.5, 0.6) is 0 Å². The highest BCUT2D eigenvalue weighted by Crippen LogP contribution is 2.17. The van der Waals surface area contributed by atoms with Crippen LogP contribution >= 0.6 is 11.6 Å². The number of unbranched alkanes of at least 4 members (excludes halogenated alkanes) is 4. The molecule has 0 saturated heterocycles. The fraction of sp³-hybridized carbons (Fsp3) is 0.625. The molecule has 0 aliphatic heterocycles. The summed E-state index contributed by atoms with van der Waals surface area (Å²) in [5.74, 6) is -0.196. The number of benzene rings is 1. The lowest BCUT2D eigenvalue weighted by atomic mass is 9.99. The Labute approximate surface area is 121 Å². The van der Waals surface area contributed by atoms with E-state index >= 15 is 0 Å². The first-order chi connectivity index (χ1) is 9.17. The van der Waals surface area contributed by atoms with E-state index in [9.17, 15) is 4.39 Å². The van der Waals surface area contributed by atoms with Crippen LogP contribution in [0.25, 0.3) is 0 Å². The van der Waals surface area contributed by atoms with Crippen LogP contribution in [0, 0.1) is 5.82 Å². The Balaban J connectivity index is 2.39. The summed E-state index contributed by atoms with van der Waals surface area (Å²) < 4.78 is 13.7. The largest absolute Gasteiger partial charge is 0.317 e. The van der Waals surface area contributed by atoms with E-state index in [-0.39, 0.29) is 5.82 Å². The quantitative estimate of drug-likeness (QED) is 0.632. The van der Waals surface area contributed by atoms with Gasteiger partial charge in [0.2, 0.25) is 0 Å². The maximum Gasteiger partial charge on any atom is 0.127 e. The van der Waals surface area contributed by atoms with E-state index in [1.165, 1.54) is 38.2 Å². The number of hydrogen-bond donors (Lipinski definition) is 1. The molecule has 1 unspecified atom stereocenters. The fourth-order valence-corrected chi connectivity index (χ4v) is 2.45. The fourth-order valence-electron chi connectivity index (χ4n) is 2.30. The van der Waals surface area contributed by atoms with Crippen LogP contribution in [-0.2, 0) is 6.42 Å². The molecule has 3 heteroatoms. The molecule has 1 aromatic rings. The average molecular weight is 286 g/mol. The normalized spacial score (nSPS) is 12.6. The van der Waals surface area contributed by atoms with Crippen molar-refractivity contribution in [3.63, 3.8) is 0 Å². The molecule has 19 heavy (non-hydrogen) atoms. The molecule has 1 atom stereocenters. The molecule has 0 aliphatic carbocycles. The van der Waals surface area contributed by atoms with Crippen molar-refractivity contribution >= 4 is 11.6 Å². The minimum absolute atomic E-state index is 0.196. The van der Waals surface area contributed by atoms with Crippen molar-refractivity contribution in [3.05, 3.63) is 34.6 Å². The molecule has 0 fully saturated rings. The van der Waals surface area contributed by atoms with E-state index < -0.39 is 0 Å². The lowest BCUT2D eigenvalue weighted by molar-refractivity contribution is 0.473. The molecule has 0 spiro atoms. The summed E-state index contributed by atoms with van der Waals surface area (Å²) in [6, 6.07) is 5.29. The van der Waals surface area contributed by atoms with Gasteiger partial charge in [-0.1, -0.05) is 56.7 Å². The summed E-state index contributed by atoms with van der Waals surface area (Å²) in [5.41, 5.74) is 0.748. The molecule has 108 valence electrons. The first kappa shape index (κ1) is 16.5. The number of rotatable bonds is 9. The summed E-state index contributed by atoms with van der Waals surface area (Å²) in [7, 11) is 1.95. The predicted octanol–water partition coefficient (Wildman–Crippen LogP) is 4.97. The number of nitrogens with one attached hydrogen (secondary N) is 1. The van der Waals surface area contributed by atoms with Gasteiger partial charge in [0.1, 0.15) is 5.82 Å². The molecule has 0 aromatic heterocycles. The van der Waals surface area contributed by atoms with Crippen LogP contribution in [0.4, 0.5) is 4.39 Å². The zero-order valence-electron chi connectivity index (χ0n) is 12.0. The van der Waals surface area contributed by atoms with Gasteiger partial charge < -0.3 is 5.32 Å². The van der Waals surface area contributed by atoms with Crippen LogP contribution < -0.4 is 5.32 Å². The maximum absolute atomic E-state index is 13.7. The molecule has 1 N–H and O–H groups in total. The summed E-state index contributed by atoms with van der Waals surface area (Å²) in [5, 5.41) is 3.74. The molecular formula is C16H25ClFN. The van der Waals surface area contributed by atoms with Crippen molar-refractivity contribution in [2.45, 2.75) is 57.9 Å². The van der Waals surface area contributed by atoms with Gasteiger partial charge in [-0.15, -0.1) is 0 Å². The van der Waals surface area contributed by atoms with Crippen molar-refractivity contribution in [2.24, 2.45) is 0 Å². The van der Waals surface area contributed by atoms with E-state index in [1.807, 2.05) is 7.05 Å². The standard InChI is InChI=1S/C16H25ClFN/c1-3-4-5-6-7-8-15(19-2)11-13-9-10-14(17)12-16(13)18/h9-10,12,15,19H,3-8,11H2,1-2H3. The Morgan fingerprint density at radius 2 is 1.95 bits per heavy atom. The molecular weight excluding hydrogens is 261 g/mol. The highest BCUT2D eigenvalue weighted by atomic mass is 35.5. The molecule has 0 heterocycles. The highest BCUT2D eigenvalue weighted by Gasteiger charge is 2.10. The van der Waals surface area contributed by atoms with Crippen molar-refractivity contribution < 1.29 is 4.39 Å². The lowest BCUT2D eigenvalue weighted by Gasteiger charge is -2.16. The summed E-state index contributed by atoms with van der Waals surface area (Å²) in [6.45, 7) is 2.22.